The van der Waals surface area contributed by atoms with E-state index in [1.165, 1.54) is 16.4 Å². The number of benzene rings is 2. The fourth-order valence-electron chi connectivity index (χ4n) is 3.77. The third-order valence-electron chi connectivity index (χ3n) is 5.33. The average Bonchev–Trinajstić information content (AvgIpc) is 3.08. The van der Waals surface area contributed by atoms with Gasteiger partial charge in [0.05, 0.1) is 10.8 Å². The number of hydrogen-bond acceptors (Lipinski definition) is 4. The number of carbonyl (C=O) groups excluding carboxylic acids is 2. The van der Waals surface area contributed by atoms with Crippen LogP contribution in [-0.4, -0.2) is 24.5 Å². The highest BCUT2D eigenvalue weighted by Gasteiger charge is 2.33. The number of amides is 2. The van der Waals surface area contributed by atoms with Gasteiger partial charge in [-0.1, -0.05) is 24.3 Å². The van der Waals surface area contributed by atoms with Crippen LogP contribution in [0.15, 0.2) is 41.3 Å². The quantitative estimate of drug-likeness (QED) is 0.799. The zero-order valence-electron chi connectivity index (χ0n) is 15.2. The molecular weight excluding hydrogens is 383 g/mol. The number of hydrogen-bond donors (Lipinski definition) is 1. The van der Waals surface area contributed by atoms with Crippen molar-refractivity contribution in [1.29, 1.82) is 0 Å². The van der Waals surface area contributed by atoms with Crippen molar-refractivity contribution in [1.82, 2.24) is 9.62 Å². The van der Waals surface area contributed by atoms with E-state index in [1.54, 1.807) is 6.92 Å². The Morgan fingerprint density at radius 1 is 1.07 bits per heavy atom. The standard InChI is InChI=1S/C20H19FN2O4S/c1-12-2-5-16(21)9-18(12)28(26,27)23-10-14-4-3-13(8-15(14)11-23)17-6-7-19(24)22-20(17)25/h2-5,8-9,17H,6-7,10-11H2,1H3,(H,22,24,25). The van der Waals surface area contributed by atoms with Crippen LogP contribution in [0.25, 0.3) is 0 Å². The van der Waals surface area contributed by atoms with E-state index in [9.17, 15) is 22.4 Å². The summed E-state index contributed by atoms with van der Waals surface area (Å²) in [6, 6.07) is 9.20. The molecule has 1 fully saturated rings. The fourth-order valence-corrected chi connectivity index (χ4v) is 5.41. The summed E-state index contributed by atoms with van der Waals surface area (Å²) in [5.41, 5.74) is 2.93. The van der Waals surface area contributed by atoms with Crippen molar-refractivity contribution >= 4 is 21.8 Å². The Balaban J connectivity index is 1.61. The number of rotatable bonds is 3. The SMILES string of the molecule is Cc1ccc(F)cc1S(=O)(=O)N1Cc2ccc(C3CCC(=O)NC3=O)cc2C1. The van der Waals surface area contributed by atoms with Crippen LogP contribution in [0.3, 0.4) is 0 Å². The lowest BCUT2D eigenvalue weighted by atomic mass is 9.89. The van der Waals surface area contributed by atoms with Crippen LogP contribution in [0, 0.1) is 12.7 Å². The number of aryl methyl sites for hydroxylation is 1. The van der Waals surface area contributed by atoms with Crippen LogP contribution in [0.1, 0.15) is 41.0 Å². The van der Waals surface area contributed by atoms with Crippen molar-refractivity contribution in [3.63, 3.8) is 0 Å². The maximum Gasteiger partial charge on any atom is 0.244 e. The Morgan fingerprint density at radius 3 is 2.57 bits per heavy atom. The normalized spacial score (nSPS) is 20.1. The lowest BCUT2D eigenvalue weighted by Gasteiger charge is -2.21. The lowest BCUT2D eigenvalue weighted by Crippen LogP contribution is -2.39. The number of nitrogens with one attached hydrogen (secondary N) is 1. The topological polar surface area (TPSA) is 83.6 Å². The largest absolute Gasteiger partial charge is 0.296 e. The summed E-state index contributed by atoms with van der Waals surface area (Å²) in [5.74, 6) is -1.61. The second-order valence-electron chi connectivity index (χ2n) is 7.21. The molecule has 2 aromatic carbocycles. The number of sulfonamides is 1. The monoisotopic (exact) mass is 402 g/mol. The molecule has 1 atom stereocenters. The van der Waals surface area contributed by atoms with E-state index >= 15 is 0 Å². The van der Waals surface area contributed by atoms with Crippen LogP contribution >= 0.6 is 0 Å². The van der Waals surface area contributed by atoms with Crippen LogP contribution in [0.5, 0.6) is 0 Å². The maximum atomic E-state index is 13.6. The highest BCUT2D eigenvalue weighted by atomic mass is 32.2. The fraction of sp³-hybridized carbons (Fsp3) is 0.300. The number of fused-ring (bicyclic) bond motifs is 1. The molecule has 0 aromatic heterocycles. The zero-order chi connectivity index (χ0) is 20.1. The van der Waals surface area contributed by atoms with E-state index in [1.807, 2.05) is 18.2 Å². The molecule has 28 heavy (non-hydrogen) atoms. The van der Waals surface area contributed by atoms with Crippen molar-refractivity contribution in [3.05, 3.63) is 64.5 Å². The van der Waals surface area contributed by atoms with E-state index in [2.05, 4.69) is 5.32 Å². The van der Waals surface area contributed by atoms with Gasteiger partial charge in [-0.05, 0) is 47.7 Å². The van der Waals surface area contributed by atoms with Gasteiger partial charge in [-0.2, -0.15) is 4.31 Å². The second-order valence-corrected chi connectivity index (χ2v) is 9.12. The van der Waals surface area contributed by atoms with E-state index < -0.39 is 21.8 Å². The van der Waals surface area contributed by atoms with Gasteiger partial charge in [0.15, 0.2) is 0 Å². The number of carbonyl (C=O) groups is 2. The van der Waals surface area contributed by atoms with Gasteiger partial charge in [-0.3, -0.25) is 14.9 Å². The van der Waals surface area contributed by atoms with Crippen LogP contribution in [-0.2, 0) is 32.7 Å². The molecule has 2 aromatic rings. The van der Waals surface area contributed by atoms with Gasteiger partial charge >= 0.3 is 0 Å². The molecule has 0 bridgehead atoms. The van der Waals surface area contributed by atoms with Gasteiger partial charge in [0.25, 0.3) is 0 Å². The minimum atomic E-state index is -3.85. The Bertz CT molecular complexity index is 1100. The molecule has 2 aliphatic rings. The Hall–Kier alpha value is -2.58. The zero-order valence-corrected chi connectivity index (χ0v) is 16.1. The Kier molecular flexibility index (Phi) is 4.55. The average molecular weight is 402 g/mol. The first-order chi connectivity index (χ1) is 13.3. The van der Waals surface area contributed by atoms with Gasteiger partial charge in [0.1, 0.15) is 5.82 Å². The summed E-state index contributed by atoms with van der Waals surface area (Å²) in [5, 5.41) is 2.34. The number of piperidine rings is 1. The third-order valence-corrected chi connectivity index (χ3v) is 7.27. The molecular formula is C20H19FN2O4S. The molecule has 2 heterocycles. The molecule has 4 rings (SSSR count). The van der Waals surface area contributed by atoms with Crippen molar-refractivity contribution in [2.45, 2.75) is 43.7 Å². The summed E-state index contributed by atoms with van der Waals surface area (Å²) < 4.78 is 40.9. The van der Waals surface area contributed by atoms with Gasteiger partial charge < -0.3 is 0 Å². The van der Waals surface area contributed by atoms with E-state index in [4.69, 9.17) is 0 Å². The van der Waals surface area contributed by atoms with Gasteiger partial charge in [0, 0.05) is 19.5 Å². The van der Waals surface area contributed by atoms with Crippen molar-refractivity contribution in [2.75, 3.05) is 0 Å². The second kappa shape index (κ2) is 6.79. The molecule has 0 aliphatic carbocycles. The summed E-state index contributed by atoms with van der Waals surface area (Å²) in [4.78, 5) is 23.4. The minimum Gasteiger partial charge on any atom is -0.296 e. The molecule has 2 amide bonds. The molecule has 0 radical (unpaired) electrons. The van der Waals surface area contributed by atoms with Crippen LogP contribution in [0.2, 0.25) is 0 Å². The van der Waals surface area contributed by atoms with Crippen LogP contribution < -0.4 is 5.32 Å². The summed E-state index contributed by atoms with van der Waals surface area (Å²) in [6.45, 7) is 1.99. The first-order valence-corrected chi connectivity index (χ1v) is 10.4. The lowest BCUT2D eigenvalue weighted by molar-refractivity contribution is -0.134. The third kappa shape index (κ3) is 3.22. The molecule has 0 saturated carbocycles. The molecule has 1 unspecified atom stereocenters. The molecule has 6 nitrogen and oxygen atoms in total. The highest BCUT2D eigenvalue weighted by molar-refractivity contribution is 7.89. The molecule has 8 heteroatoms. The van der Waals surface area contributed by atoms with Crippen LogP contribution in [0.4, 0.5) is 4.39 Å². The van der Waals surface area contributed by atoms with E-state index in [-0.39, 0.29) is 36.2 Å². The predicted molar refractivity (Wildman–Crippen MR) is 99.1 cm³/mol. The highest BCUT2D eigenvalue weighted by Crippen LogP contribution is 2.33. The number of nitrogens with zero attached hydrogens (tertiary/aromatic N) is 1. The Morgan fingerprint density at radius 2 is 1.82 bits per heavy atom. The summed E-state index contributed by atoms with van der Waals surface area (Å²) >= 11 is 0. The number of halogens is 1. The molecule has 2 aliphatic heterocycles. The van der Waals surface area contributed by atoms with Gasteiger partial charge in [-0.25, -0.2) is 12.8 Å². The van der Waals surface area contributed by atoms with Crippen molar-refractivity contribution < 1.29 is 22.4 Å². The minimum absolute atomic E-state index is 0.0364. The van der Waals surface area contributed by atoms with Crippen molar-refractivity contribution in [3.8, 4) is 0 Å². The van der Waals surface area contributed by atoms with E-state index in [0.717, 1.165) is 22.8 Å². The summed E-state index contributed by atoms with van der Waals surface area (Å²) in [7, 11) is -3.85. The van der Waals surface area contributed by atoms with E-state index in [0.29, 0.717) is 12.0 Å². The first-order valence-electron chi connectivity index (χ1n) is 8.97. The van der Waals surface area contributed by atoms with Crippen molar-refractivity contribution in [2.24, 2.45) is 0 Å². The molecule has 146 valence electrons. The van der Waals surface area contributed by atoms with Gasteiger partial charge in [0.2, 0.25) is 21.8 Å². The molecule has 0 spiro atoms. The number of imide groups is 1. The summed E-state index contributed by atoms with van der Waals surface area (Å²) in [6.07, 6.45) is 0.723. The smallest absolute Gasteiger partial charge is 0.244 e. The molecule has 1 saturated heterocycles. The maximum absolute atomic E-state index is 13.6. The molecule has 1 N–H and O–H groups in total. The predicted octanol–water partition coefficient (Wildman–Crippen LogP) is 2.36. The Labute approximate surface area is 162 Å². The van der Waals surface area contributed by atoms with Gasteiger partial charge in [-0.15, -0.1) is 0 Å². The first kappa shape index (κ1) is 18.8.